The van der Waals surface area contributed by atoms with Gasteiger partial charge in [0.15, 0.2) is 0 Å². The van der Waals surface area contributed by atoms with Crippen molar-refractivity contribution in [1.29, 1.82) is 0 Å². The first-order valence-electron chi connectivity index (χ1n) is 7.90. The maximum absolute atomic E-state index is 12.3. The molecule has 3 rings (SSSR count). The van der Waals surface area contributed by atoms with Crippen LogP contribution in [0.15, 0.2) is 66.9 Å². The summed E-state index contributed by atoms with van der Waals surface area (Å²) in [6.45, 7) is 1.91. The molecule has 0 aliphatic carbocycles. The van der Waals surface area contributed by atoms with Gasteiger partial charge < -0.3 is 15.4 Å². The van der Waals surface area contributed by atoms with Gasteiger partial charge in [-0.15, -0.1) is 0 Å². The quantitative estimate of drug-likeness (QED) is 0.727. The molecule has 0 unspecified atom stereocenters. The van der Waals surface area contributed by atoms with Crippen LogP contribution in [0.1, 0.15) is 15.9 Å². The molecular formula is C20H19N3O2. The Kier molecular flexibility index (Phi) is 4.95. The Morgan fingerprint density at radius 2 is 1.68 bits per heavy atom. The largest absolute Gasteiger partial charge is 0.497 e. The molecule has 5 heteroatoms. The SMILES string of the molecule is COc1ccc(Nc2ccc(NC(=O)c3ccccc3C)nc2)cc1. The van der Waals surface area contributed by atoms with E-state index in [4.69, 9.17) is 4.74 Å². The lowest BCUT2D eigenvalue weighted by Crippen LogP contribution is -2.14. The van der Waals surface area contributed by atoms with Gasteiger partial charge >= 0.3 is 0 Å². The van der Waals surface area contributed by atoms with E-state index in [-0.39, 0.29) is 5.91 Å². The van der Waals surface area contributed by atoms with E-state index in [0.717, 1.165) is 22.7 Å². The molecular weight excluding hydrogens is 314 g/mol. The minimum atomic E-state index is -0.165. The Labute approximate surface area is 146 Å². The Morgan fingerprint density at radius 1 is 0.960 bits per heavy atom. The number of carbonyl (C=O) groups excluding carboxylic acids is 1. The van der Waals surface area contributed by atoms with Crippen LogP contribution < -0.4 is 15.4 Å². The zero-order valence-electron chi connectivity index (χ0n) is 14.1. The number of aromatic nitrogens is 1. The van der Waals surface area contributed by atoms with E-state index in [1.807, 2.05) is 55.5 Å². The van der Waals surface area contributed by atoms with Crippen LogP contribution in [0.3, 0.4) is 0 Å². The Balaban J connectivity index is 1.65. The standard InChI is InChI=1S/C20H19N3O2/c1-14-5-3-4-6-18(14)20(24)23-19-12-9-16(13-21-19)22-15-7-10-17(25-2)11-8-15/h3-13,22H,1-2H3,(H,21,23,24). The molecule has 0 radical (unpaired) electrons. The van der Waals surface area contributed by atoms with Crippen molar-refractivity contribution in [3.8, 4) is 5.75 Å². The Bertz CT molecular complexity index is 859. The summed E-state index contributed by atoms with van der Waals surface area (Å²) in [4.78, 5) is 16.6. The van der Waals surface area contributed by atoms with Crippen molar-refractivity contribution in [2.24, 2.45) is 0 Å². The highest BCUT2D eigenvalue weighted by Gasteiger charge is 2.09. The number of pyridine rings is 1. The molecule has 0 bridgehead atoms. The van der Waals surface area contributed by atoms with Gasteiger partial charge in [-0.1, -0.05) is 18.2 Å². The highest BCUT2D eigenvalue weighted by Crippen LogP contribution is 2.20. The van der Waals surface area contributed by atoms with Crippen molar-refractivity contribution in [1.82, 2.24) is 4.98 Å². The molecule has 0 saturated heterocycles. The zero-order valence-corrected chi connectivity index (χ0v) is 14.1. The van der Waals surface area contributed by atoms with Crippen LogP contribution in [-0.4, -0.2) is 18.0 Å². The number of benzene rings is 2. The summed E-state index contributed by atoms with van der Waals surface area (Å²) in [6, 6.07) is 18.7. The van der Waals surface area contributed by atoms with E-state index in [1.54, 1.807) is 25.4 Å². The average molecular weight is 333 g/mol. The average Bonchev–Trinajstić information content (AvgIpc) is 2.64. The number of carbonyl (C=O) groups is 1. The number of hydrogen-bond donors (Lipinski definition) is 2. The van der Waals surface area contributed by atoms with Crippen molar-refractivity contribution < 1.29 is 9.53 Å². The molecule has 1 heterocycles. The molecule has 1 amide bonds. The predicted molar refractivity (Wildman–Crippen MR) is 99.6 cm³/mol. The molecule has 126 valence electrons. The zero-order chi connectivity index (χ0) is 17.6. The molecule has 0 atom stereocenters. The Hall–Kier alpha value is -3.34. The fraction of sp³-hybridized carbons (Fsp3) is 0.100. The molecule has 5 nitrogen and oxygen atoms in total. The first-order chi connectivity index (χ1) is 12.2. The number of amides is 1. The summed E-state index contributed by atoms with van der Waals surface area (Å²) in [5.41, 5.74) is 3.33. The minimum absolute atomic E-state index is 0.165. The normalized spacial score (nSPS) is 10.2. The molecule has 0 aliphatic rings. The van der Waals surface area contributed by atoms with Gasteiger partial charge in [0.25, 0.3) is 5.91 Å². The van der Waals surface area contributed by atoms with Gasteiger partial charge in [-0.2, -0.15) is 0 Å². The first-order valence-corrected chi connectivity index (χ1v) is 7.90. The second-order valence-corrected chi connectivity index (χ2v) is 5.55. The Morgan fingerprint density at radius 3 is 2.32 bits per heavy atom. The topological polar surface area (TPSA) is 63.2 Å². The molecule has 0 spiro atoms. The lowest BCUT2D eigenvalue weighted by molar-refractivity contribution is 0.102. The summed E-state index contributed by atoms with van der Waals surface area (Å²) in [5.74, 6) is 1.15. The van der Waals surface area contributed by atoms with Gasteiger partial charge in [0.05, 0.1) is 19.0 Å². The molecule has 25 heavy (non-hydrogen) atoms. The molecule has 1 aromatic heterocycles. The molecule has 2 aromatic carbocycles. The van der Waals surface area contributed by atoms with Crippen molar-refractivity contribution in [3.05, 3.63) is 78.0 Å². The van der Waals surface area contributed by atoms with Crippen molar-refractivity contribution in [2.75, 3.05) is 17.7 Å². The van der Waals surface area contributed by atoms with Gasteiger partial charge in [0.2, 0.25) is 0 Å². The fourth-order valence-electron chi connectivity index (χ4n) is 2.39. The van der Waals surface area contributed by atoms with Crippen LogP contribution in [0.4, 0.5) is 17.2 Å². The molecule has 0 saturated carbocycles. The molecule has 0 fully saturated rings. The number of nitrogens with one attached hydrogen (secondary N) is 2. The van der Waals surface area contributed by atoms with E-state index in [1.165, 1.54) is 0 Å². The van der Waals surface area contributed by atoms with E-state index < -0.39 is 0 Å². The van der Waals surface area contributed by atoms with E-state index in [9.17, 15) is 4.79 Å². The summed E-state index contributed by atoms with van der Waals surface area (Å²) < 4.78 is 5.14. The van der Waals surface area contributed by atoms with Gasteiger partial charge in [-0.3, -0.25) is 4.79 Å². The van der Waals surface area contributed by atoms with E-state index >= 15 is 0 Å². The number of anilines is 3. The number of methoxy groups -OCH3 is 1. The maximum Gasteiger partial charge on any atom is 0.257 e. The lowest BCUT2D eigenvalue weighted by Gasteiger charge is -2.09. The summed E-state index contributed by atoms with van der Waals surface area (Å²) in [6.07, 6.45) is 1.68. The van der Waals surface area contributed by atoms with Crippen LogP contribution in [0.25, 0.3) is 0 Å². The van der Waals surface area contributed by atoms with Crippen molar-refractivity contribution in [2.45, 2.75) is 6.92 Å². The number of nitrogens with zero attached hydrogens (tertiary/aromatic N) is 1. The predicted octanol–water partition coefficient (Wildman–Crippen LogP) is 4.39. The van der Waals surface area contributed by atoms with Crippen molar-refractivity contribution >= 4 is 23.1 Å². The van der Waals surface area contributed by atoms with E-state index in [2.05, 4.69) is 15.6 Å². The maximum atomic E-state index is 12.3. The second kappa shape index (κ2) is 7.49. The number of rotatable bonds is 5. The summed E-state index contributed by atoms with van der Waals surface area (Å²) in [5, 5.41) is 6.06. The van der Waals surface area contributed by atoms with E-state index in [0.29, 0.717) is 11.4 Å². The molecule has 2 N–H and O–H groups in total. The van der Waals surface area contributed by atoms with Crippen LogP contribution in [0, 0.1) is 6.92 Å². The molecule has 3 aromatic rings. The third kappa shape index (κ3) is 4.14. The highest BCUT2D eigenvalue weighted by molar-refractivity contribution is 6.04. The highest BCUT2D eigenvalue weighted by atomic mass is 16.5. The van der Waals surface area contributed by atoms with Crippen molar-refractivity contribution in [3.63, 3.8) is 0 Å². The van der Waals surface area contributed by atoms with Crippen LogP contribution in [0.2, 0.25) is 0 Å². The minimum Gasteiger partial charge on any atom is -0.497 e. The number of aryl methyl sites for hydroxylation is 1. The number of ether oxygens (including phenoxy) is 1. The van der Waals surface area contributed by atoms with Gasteiger partial charge in [0, 0.05) is 11.3 Å². The third-order valence-corrected chi connectivity index (χ3v) is 3.77. The monoisotopic (exact) mass is 333 g/mol. The smallest absolute Gasteiger partial charge is 0.257 e. The first kappa shape index (κ1) is 16.5. The summed E-state index contributed by atoms with van der Waals surface area (Å²) >= 11 is 0. The van der Waals surface area contributed by atoms with Gasteiger partial charge in [-0.25, -0.2) is 4.98 Å². The number of hydrogen-bond acceptors (Lipinski definition) is 4. The molecule has 0 aliphatic heterocycles. The second-order valence-electron chi connectivity index (χ2n) is 5.55. The fourth-order valence-corrected chi connectivity index (χ4v) is 2.39. The summed E-state index contributed by atoms with van der Waals surface area (Å²) in [7, 11) is 1.64. The van der Waals surface area contributed by atoms with Gasteiger partial charge in [-0.05, 0) is 55.0 Å². The van der Waals surface area contributed by atoms with Crippen LogP contribution in [0.5, 0.6) is 5.75 Å². The van der Waals surface area contributed by atoms with Gasteiger partial charge in [0.1, 0.15) is 11.6 Å². The van der Waals surface area contributed by atoms with Crippen LogP contribution >= 0.6 is 0 Å². The van der Waals surface area contributed by atoms with Crippen LogP contribution in [-0.2, 0) is 0 Å². The lowest BCUT2D eigenvalue weighted by atomic mass is 10.1. The third-order valence-electron chi connectivity index (χ3n) is 3.77.